The van der Waals surface area contributed by atoms with Gasteiger partial charge in [-0.15, -0.1) is 17.6 Å². The van der Waals surface area contributed by atoms with Crippen LogP contribution >= 0.6 is 62.2 Å². The van der Waals surface area contributed by atoms with Crippen molar-refractivity contribution >= 4 is 110 Å². The molecule has 2 amide bonds. The van der Waals surface area contributed by atoms with E-state index in [-0.39, 0.29) is 48.8 Å². The molecule has 74 heavy (non-hydrogen) atoms. The highest BCUT2D eigenvalue weighted by Gasteiger charge is 2.53. The first-order chi connectivity index (χ1) is 34.7. The van der Waals surface area contributed by atoms with E-state index in [9.17, 15) is 46.1 Å². The van der Waals surface area contributed by atoms with Gasteiger partial charge < -0.3 is 49.4 Å². The number of halogens is 9. The van der Waals surface area contributed by atoms with Crippen LogP contribution in [0.15, 0.2) is 101 Å². The maximum atomic E-state index is 14.1. The number of amides is 2. The number of anilines is 4. The van der Waals surface area contributed by atoms with E-state index in [1.54, 1.807) is 40.4 Å². The molecule has 6 aromatic rings. The van der Waals surface area contributed by atoms with Crippen molar-refractivity contribution < 1.29 is 64.9 Å². The minimum atomic E-state index is -3.85. The first-order valence-electron chi connectivity index (χ1n) is 22.1. The van der Waals surface area contributed by atoms with Crippen molar-refractivity contribution in [1.29, 1.82) is 0 Å². The maximum Gasteiger partial charge on any atom is 0.498 e. The molecule has 3 aliphatic rings. The molecule has 4 N–H and O–H groups in total. The molecule has 16 nitrogen and oxygen atoms in total. The van der Waals surface area contributed by atoms with Crippen LogP contribution in [0.25, 0.3) is 10.4 Å². The number of nitrogens with zero attached hydrogens (tertiary/aromatic N) is 6. The number of nitrogens with one attached hydrogen (secondary N) is 2. The van der Waals surface area contributed by atoms with Crippen molar-refractivity contribution in [2.75, 3.05) is 46.6 Å². The van der Waals surface area contributed by atoms with Crippen LogP contribution in [-0.4, -0.2) is 121 Å². The van der Waals surface area contributed by atoms with Crippen LogP contribution in [-0.2, 0) is 9.31 Å². The van der Waals surface area contributed by atoms with E-state index in [1.807, 2.05) is 33.8 Å². The quantitative estimate of drug-likeness (QED) is 0.0514. The number of aromatic nitrogens is 4. The Labute approximate surface area is 446 Å². The molecule has 9 rings (SSSR count). The molecule has 0 bridgehead atoms. The normalized spacial score (nSPS) is 20.0. The van der Waals surface area contributed by atoms with Gasteiger partial charge in [0.2, 0.25) is 0 Å². The highest BCUT2D eigenvalue weighted by atomic mass is 79.9. The van der Waals surface area contributed by atoms with E-state index in [1.165, 1.54) is 84.0 Å². The second kappa shape index (κ2) is 23.3. The van der Waals surface area contributed by atoms with Crippen LogP contribution in [0.3, 0.4) is 0 Å². The monoisotopic (exact) mass is 1170 g/mol. The average Bonchev–Trinajstić information content (AvgIpc) is 4.18. The molecule has 394 valence electrons. The summed E-state index contributed by atoms with van der Waals surface area (Å²) in [6.07, 6.45) is 0.926. The number of aliphatic hydroxyl groups excluding tert-OH is 2. The van der Waals surface area contributed by atoms with Gasteiger partial charge in [-0.3, -0.25) is 9.59 Å². The molecule has 2 aromatic carbocycles. The number of aliphatic hydroxyl groups is 2. The molecule has 28 heteroatoms. The molecule has 0 aliphatic carbocycles. The summed E-state index contributed by atoms with van der Waals surface area (Å²) < 4.78 is 109. The third-order valence-electron chi connectivity index (χ3n) is 11.6. The van der Waals surface area contributed by atoms with Crippen LogP contribution in [0.2, 0.25) is 0 Å². The predicted molar refractivity (Wildman–Crippen MR) is 273 cm³/mol. The van der Waals surface area contributed by atoms with Gasteiger partial charge in [-0.05, 0) is 139 Å². The Morgan fingerprint density at radius 3 is 1.55 bits per heavy atom. The number of benzene rings is 2. The summed E-state index contributed by atoms with van der Waals surface area (Å²) in [5.74, 6) is -0.591. The van der Waals surface area contributed by atoms with Crippen LogP contribution in [0.1, 0.15) is 48.4 Å². The number of alkyl halides is 8. The van der Waals surface area contributed by atoms with Crippen LogP contribution in [0.4, 0.5) is 49.4 Å². The van der Waals surface area contributed by atoms with Gasteiger partial charge in [-0.25, -0.2) is 27.5 Å². The zero-order chi connectivity index (χ0) is 53.8. The minimum Gasteiger partial charge on any atom is -0.420 e. The average molecular weight is 1180 g/mol. The number of pyridine rings is 2. The first kappa shape index (κ1) is 56.4. The van der Waals surface area contributed by atoms with Crippen molar-refractivity contribution in [3.05, 3.63) is 112 Å². The molecular formula is C46H44BBrCl2F6N8O8S2. The lowest BCUT2D eigenvalue weighted by Crippen LogP contribution is -2.41. The largest absolute Gasteiger partial charge is 0.498 e. The van der Waals surface area contributed by atoms with E-state index in [2.05, 4.69) is 54.8 Å². The standard InChI is InChI=1S/C23H26BClF3N3O5.C20H16ClF3N4O3S.C3H2BrNS/c1-21(2)22(3,4)36-24(35-21)16-9-13(10-29-19(16)31-11-17(26)18(32)12-31)20(33)30-14-5-7-15(8-6-14)34-23(25,27)28;21-20(23,24)31-13-3-1-12(2-4-13)27-19(30)11-7-14(17-5-6-26-32-17)18(25-8-11)28-9-15(22)16(29)10-28;4-3-1-2-5-6-3/h5-10,17-18,32H,11-12H2,1-4H3,(H,30,33);1-8,15-16,29H,9-10H2,(H,27,30);1-2H. The summed E-state index contributed by atoms with van der Waals surface area (Å²) in [4.78, 5) is 38.4. The van der Waals surface area contributed by atoms with Gasteiger partial charge in [0.15, 0.2) is 0 Å². The number of hydrogen-bond acceptors (Lipinski definition) is 16. The van der Waals surface area contributed by atoms with E-state index in [4.69, 9.17) is 32.5 Å². The van der Waals surface area contributed by atoms with Crippen molar-refractivity contribution in [2.24, 2.45) is 0 Å². The highest BCUT2D eigenvalue weighted by molar-refractivity contribution is 9.11. The summed E-state index contributed by atoms with van der Waals surface area (Å²) in [5.41, 5.74) is -7.01. The van der Waals surface area contributed by atoms with Crippen LogP contribution in [0, 0.1) is 0 Å². The lowest BCUT2D eigenvalue weighted by molar-refractivity contribution is -0.0972. The summed E-state index contributed by atoms with van der Waals surface area (Å²) in [5, 5.41) is 25.0. The summed E-state index contributed by atoms with van der Waals surface area (Å²) in [6.45, 7) is 7.54. The van der Waals surface area contributed by atoms with Gasteiger partial charge in [0.25, 0.3) is 11.8 Å². The minimum absolute atomic E-state index is 0.0126. The molecule has 0 radical (unpaired) electrons. The van der Waals surface area contributed by atoms with Gasteiger partial charge >= 0.3 is 18.3 Å². The fourth-order valence-corrected chi connectivity index (χ4v) is 8.80. The van der Waals surface area contributed by atoms with Crippen molar-refractivity contribution in [3.8, 4) is 21.9 Å². The molecule has 4 atom stereocenters. The molecule has 3 fully saturated rings. The van der Waals surface area contributed by atoms with E-state index in [0.717, 1.165) is 8.66 Å². The summed E-state index contributed by atoms with van der Waals surface area (Å²) >= 11 is 15.4. The van der Waals surface area contributed by atoms with Gasteiger partial charge in [0.1, 0.15) is 47.7 Å². The second-order valence-corrected chi connectivity index (χ2v) is 21.5. The van der Waals surface area contributed by atoms with Gasteiger partial charge in [-0.2, -0.15) is 0 Å². The third kappa shape index (κ3) is 14.7. The predicted octanol–water partition coefficient (Wildman–Crippen LogP) is 9.37. The zero-order valence-electron chi connectivity index (χ0n) is 39.2. The fraction of sp³-hybridized carbons (Fsp3) is 0.348. The van der Waals surface area contributed by atoms with Crippen LogP contribution in [0.5, 0.6) is 11.5 Å². The Kier molecular flexibility index (Phi) is 17.8. The van der Waals surface area contributed by atoms with Crippen molar-refractivity contribution in [3.63, 3.8) is 0 Å². The third-order valence-corrected chi connectivity index (χ3v) is 13.8. The Morgan fingerprint density at radius 2 is 1.16 bits per heavy atom. The summed E-state index contributed by atoms with van der Waals surface area (Å²) in [6, 6.07) is 17.3. The number of β-amino-alcohol motifs (C(OH)–C–C–N with tert-alkyl or cyclic N) is 2. The number of rotatable bonds is 12. The van der Waals surface area contributed by atoms with E-state index < -0.39 is 65.8 Å². The van der Waals surface area contributed by atoms with Crippen molar-refractivity contribution in [2.45, 2.75) is 74.6 Å². The molecule has 0 saturated carbocycles. The van der Waals surface area contributed by atoms with Gasteiger partial charge in [0.05, 0.1) is 44.1 Å². The van der Waals surface area contributed by atoms with Gasteiger partial charge in [0, 0.05) is 83.5 Å². The van der Waals surface area contributed by atoms with Crippen molar-refractivity contribution in [1.82, 2.24) is 18.7 Å². The molecule has 4 unspecified atom stereocenters. The highest BCUT2D eigenvalue weighted by Crippen LogP contribution is 2.38. The number of ether oxygens (including phenoxy) is 2. The lowest BCUT2D eigenvalue weighted by Gasteiger charge is -2.32. The molecule has 7 heterocycles. The van der Waals surface area contributed by atoms with E-state index in [0.29, 0.717) is 34.0 Å². The Morgan fingerprint density at radius 1 is 0.716 bits per heavy atom. The number of carbonyl (C=O) groups is 2. The fourth-order valence-electron chi connectivity index (χ4n) is 7.30. The Hall–Kier alpha value is -5.32. The second-order valence-electron chi connectivity index (χ2n) is 17.5. The molecular weight excluding hydrogens is 1130 g/mol. The topological polar surface area (TPSA) is 194 Å². The molecule has 3 saturated heterocycles. The number of hydrogen-bond donors (Lipinski definition) is 4. The first-order valence-corrected chi connectivity index (χ1v) is 25.1. The molecule has 0 spiro atoms. The number of carbonyl (C=O) groups excluding carboxylic acids is 2. The summed E-state index contributed by atoms with van der Waals surface area (Å²) in [7, 11) is -0.894. The molecule has 3 aliphatic heterocycles. The molecule has 4 aromatic heterocycles. The smallest absolute Gasteiger partial charge is 0.420 e. The zero-order valence-corrected chi connectivity index (χ0v) is 43.9. The van der Waals surface area contributed by atoms with Gasteiger partial charge in [-0.1, -0.05) is 0 Å². The SMILES string of the molecule is Brc1ccns1.CC1(C)OB(c2cc(C(=O)Nc3ccc(OC(F)(F)Cl)cc3)cnc2N2CC(O)C(F)C2)OC1(C)C.O=C(Nc1ccc(OC(F)(F)Cl)cc1)c1cnc(N2CC(O)C(F)C2)c(-c2ccns2)c1. The maximum absolute atomic E-state index is 14.1. The van der Waals surface area contributed by atoms with Crippen LogP contribution < -0.4 is 35.4 Å². The van der Waals surface area contributed by atoms with E-state index >= 15 is 0 Å². The lowest BCUT2D eigenvalue weighted by atomic mass is 9.78. The Balaban J connectivity index is 0.000000195. The Bertz CT molecular complexity index is 2830.